The number of carboxylic acids is 1. The van der Waals surface area contributed by atoms with E-state index in [2.05, 4.69) is 10.2 Å². The average Bonchev–Trinajstić information content (AvgIpc) is 2.29. The largest absolute Gasteiger partial charge is 0.490 e. The van der Waals surface area contributed by atoms with Crippen LogP contribution < -0.4 is 10.2 Å². The van der Waals surface area contributed by atoms with E-state index in [4.69, 9.17) is 21.5 Å². The Kier molecular flexibility index (Phi) is 4.53. The number of carbonyl (C=O) groups is 1. The molecular formula is C13H13ClF4N2O2. The van der Waals surface area contributed by atoms with Crippen molar-refractivity contribution < 1.29 is 27.5 Å². The Hall–Kier alpha value is -1.54. The molecule has 0 unspecified atom stereocenters. The van der Waals surface area contributed by atoms with Gasteiger partial charge < -0.3 is 15.3 Å². The molecule has 0 saturated carbocycles. The van der Waals surface area contributed by atoms with Crippen LogP contribution in [0.25, 0.3) is 0 Å². The molecule has 2 aliphatic rings. The van der Waals surface area contributed by atoms with Gasteiger partial charge in [-0.25, -0.2) is 9.18 Å². The predicted octanol–water partition coefficient (Wildman–Crippen LogP) is 2.52. The van der Waals surface area contributed by atoms with Crippen LogP contribution in [0.3, 0.4) is 0 Å². The SMILES string of the molecule is Fc1ccc(Cl)c(N2CC3(CNC3)C2)c1.O=C(O)C(F)(F)F. The van der Waals surface area contributed by atoms with E-state index in [9.17, 15) is 17.6 Å². The summed E-state index contributed by atoms with van der Waals surface area (Å²) in [6, 6.07) is 4.53. The summed E-state index contributed by atoms with van der Waals surface area (Å²) in [6.45, 7) is 4.14. The molecule has 1 aromatic rings. The van der Waals surface area contributed by atoms with Crippen molar-refractivity contribution >= 4 is 23.3 Å². The Morgan fingerprint density at radius 3 is 2.27 bits per heavy atom. The fraction of sp³-hybridized carbons (Fsp3) is 0.462. The lowest BCUT2D eigenvalue weighted by atomic mass is 9.74. The molecule has 2 N–H and O–H groups in total. The number of alkyl halides is 3. The summed E-state index contributed by atoms with van der Waals surface area (Å²) in [5, 5.41) is 11.0. The van der Waals surface area contributed by atoms with Crippen LogP contribution in [-0.4, -0.2) is 43.4 Å². The number of hydrogen-bond donors (Lipinski definition) is 2. The zero-order chi connectivity index (χ0) is 16.5. The van der Waals surface area contributed by atoms with Crippen molar-refractivity contribution in [1.29, 1.82) is 0 Å². The van der Waals surface area contributed by atoms with Gasteiger partial charge in [0.2, 0.25) is 0 Å². The minimum absolute atomic E-state index is 0.220. The van der Waals surface area contributed by atoms with Gasteiger partial charge in [0.25, 0.3) is 0 Å². The number of hydrogen-bond acceptors (Lipinski definition) is 3. The van der Waals surface area contributed by atoms with Crippen molar-refractivity contribution in [1.82, 2.24) is 5.32 Å². The smallest absolute Gasteiger partial charge is 0.475 e. The number of halogens is 5. The lowest BCUT2D eigenvalue weighted by Crippen LogP contribution is -2.71. The maximum atomic E-state index is 13.1. The van der Waals surface area contributed by atoms with Crippen LogP contribution in [0.1, 0.15) is 0 Å². The van der Waals surface area contributed by atoms with Crippen LogP contribution in [0.2, 0.25) is 5.02 Å². The highest BCUT2D eigenvalue weighted by molar-refractivity contribution is 6.33. The Bertz CT molecular complexity index is 568. The van der Waals surface area contributed by atoms with Crippen molar-refractivity contribution in [3.05, 3.63) is 29.0 Å². The molecule has 9 heteroatoms. The van der Waals surface area contributed by atoms with E-state index in [0.717, 1.165) is 31.9 Å². The molecule has 2 fully saturated rings. The van der Waals surface area contributed by atoms with Gasteiger partial charge in [-0.15, -0.1) is 0 Å². The highest BCUT2D eigenvalue weighted by Crippen LogP contribution is 2.40. The van der Waals surface area contributed by atoms with Crippen LogP contribution >= 0.6 is 11.6 Å². The number of carboxylic acid groups (broad SMARTS) is 1. The average molecular weight is 341 g/mol. The summed E-state index contributed by atoms with van der Waals surface area (Å²) in [5.41, 5.74) is 1.27. The molecule has 1 aromatic carbocycles. The number of nitrogens with one attached hydrogen (secondary N) is 1. The second-order valence-corrected chi connectivity index (χ2v) is 5.77. The molecule has 2 heterocycles. The van der Waals surface area contributed by atoms with E-state index >= 15 is 0 Å². The Balaban J connectivity index is 0.000000217. The number of aliphatic carboxylic acids is 1. The molecule has 0 aliphatic carbocycles. The van der Waals surface area contributed by atoms with Crippen LogP contribution in [0.15, 0.2) is 18.2 Å². The molecule has 2 saturated heterocycles. The van der Waals surface area contributed by atoms with Gasteiger partial charge in [-0.1, -0.05) is 11.6 Å². The molecule has 2 aliphatic heterocycles. The molecule has 0 aromatic heterocycles. The van der Waals surface area contributed by atoms with Crippen molar-refractivity contribution in [3.8, 4) is 0 Å². The van der Waals surface area contributed by atoms with Gasteiger partial charge in [0.05, 0.1) is 10.7 Å². The van der Waals surface area contributed by atoms with Crippen LogP contribution in [0, 0.1) is 11.2 Å². The lowest BCUT2D eigenvalue weighted by molar-refractivity contribution is -0.192. The highest BCUT2D eigenvalue weighted by atomic mass is 35.5. The first-order chi connectivity index (χ1) is 10.1. The van der Waals surface area contributed by atoms with E-state index in [1.807, 2.05) is 0 Å². The van der Waals surface area contributed by atoms with Gasteiger partial charge in [0.1, 0.15) is 5.82 Å². The number of anilines is 1. The minimum atomic E-state index is -5.08. The van der Waals surface area contributed by atoms with Crippen LogP contribution in [-0.2, 0) is 4.79 Å². The molecule has 0 atom stereocenters. The summed E-state index contributed by atoms with van der Waals surface area (Å²) in [4.78, 5) is 11.0. The Labute approximate surface area is 128 Å². The molecule has 0 radical (unpaired) electrons. The summed E-state index contributed by atoms with van der Waals surface area (Å²) in [7, 11) is 0. The molecule has 0 amide bonds. The molecular weight excluding hydrogens is 328 g/mol. The first kappa shape index (κ1) is 16.8. The van der Waals surface area contributed by atoms with Gasteiger partial charge in [-0.2, -0.15) is 13.2 Å². The third-order valence-electron chi connectivity index (χ3n) is 3.54. The summed E-state index contributed by atoms with van der Waals surface area (Å²) < 4.78 is 44.8. The number of nitrogens with zero attached hydrogens (tertiary/aromatic N) is 1. The second kappa shape index (κ2) is 5.92. The summed E-state index contributed by atoms with van der Waals surface area (Å²) in [5.74, 6) is -2.98. The third kappa shape index (κ3) is 3.61. The Morgan fingerprint density at radius 2 is 1.86 bits per heavy atom. The van der Waals surface area contributed by atoms with E-state index in [1.54, 1.807) is 6.07 Å². The van der Waals surface area contributed by atoms with E-state index < -0.39 is 12.1 Å². The monoisotopic (exact) mass is 340 g/mol. The fourth-order valence-corrected chi connectivity index (χ4v) is 2.60. The first-order valence-corrected chi connectivity index (χ1v) is 6.72. The minimum Gasteiger partial charge on any atom is -0.475 e. The topological polar surface area (TPSA) is 52.6 Å². The van der Waals surface area contributed by atoms with Crippen molar-refractivity contribution in [2.45, 2.75) is 6.18 Å². The first-order valence-electron chi connectivity index (χ1n) is 6.34. The van der Waals surface area contributed by atoms with Gasteiger partial charge in [-0.3, -0.25) is 0 Å². The van der Waals surface area contributed by atoms with Gasteiger partial charge >= 0.3 is 12.1 Å². The van der Waals surface area contributed by atoms with E-state index in [-0.39, 0.29) is 5.82 Å². The summed E-state index contributed by atoms with van der Waals surface area (Å²) >= 11 is 6.03. The maximum absolute atomic E-state index is 13.1. The highest BCUT2D eigenvalue weighted by Gasteiger charge is 2.47. The quantitative estimate of drug-likeness (QED) is 0.771. The fourth-order valence-electron chi connectivity index (χ4n) is 2.36. The zero-order valence-corrected chi connectivity index (χ0v) is 12.0. The molecule has 22 heavy (non-hydrogen) atoms. The van der Waals surface area contributed by atoms with Gasteiger partial charge in [0.15, 0.2) is 0 Å². The molecule has 0 bridgehead atoms. The Morgan fingerprint density at radius 1 is 1.32 bits per heavy atom. The maximum Gasteiger partial charge on any atom is 0.490 e. The van der Waals surface area contributed by atoms with Crippen LogP contribution in [0.5, 0.6) is 0 Å². The second-order valence-electron chi connectivity index (χ2n) is 5.36. The molecule has 122 valence electrons. The number of rotatable bonds is 1. The lowest BCUT2D eigenvalue weighted by Gasteiger charge is -2.57. The van der Waals surface area contributed by atoms with Crippen molar-refractivity contribution in [2.24, 2.45) is 5.41 Å². The van der Waals surface area contributed by atoms with Gasteiger partial charge in [0, 0.05) is 31.6 Å². The van der Waals surface area contributed by atoms with Gasteiger partial charge in [-0.05, 0) is 18.2 Å². The number of benzene rings is 1. The standard InChI is InChI=1S/C11H12ClFN2.C2HF3O2/c12-9-2-1-8(13)3-10(9)15-6-11(7-15)4-14-5-11;3-2(4,5)1(6)7/h1-3,14H,4-7H2;(H,6,7). The van der Waals surface area contributed by atoms with E-state index in [0.29, 0.717) is 10.4 Å². The zero-order valence-electron chi connectivity index (χ0n) is 11.3. The van der Waals surface area contributed by atoms with Crippen molar-refractivity contribution in [3.63, 3.8) is 0 Å². The summed E-state index contributed by atoms with van der Waals surface area (Å²) in [6.07, 6.45) is -5.08. The van der Waals surface area contributed by atoms with Crippen molar-refractivity contribution in [2.75, 3.05) is 31.1 Å². The van der Waals surface area contributed by atoms with E-state index in [1.165, 1.54) is 12.1 Å². The third-order valence-corrected chi connectivity index (χ3v) is 3.86. The molecule has 4 nitrogen and oxygen atoms in total. The van der Waals surface area contributed by atoms with Crippen LogP contribution in [0.4, 0.5) is 23.2 Å². The molecule has 1 spiro atoms. The molecule has 3 rings (SSSR count). The normalized spacial score (nSPS) is 18.9. The predicted molar refractivity (Wildman–Crippen MR) is 72.6 cm³/mol.